The Morgan fingerprint density at radius 1 is 0.514 bits per heavy atom. The molecule has 0 amide bonds. The Morgan fingerprint density at radius 3 is 1.70 bits per heavy atom. The van der Waals surface area contributed by atoms with Crippen molar-refractivity contribution in [3.05, 3.63) is 127 Å². The molecule has 37 heavy (non-hydrogen) atoms. The number of aliphatic imine (C=N–C) groups is 1. The Hall–Kier alpha value is -4.44. The summed E-state index contributed by atoms with van der Waals surface area (Å²) in [5, 5.41) is 2.06. The van der Waals surface area contributed by atoms with Gasteiger partial charge in [-0.15, -0.1) is 0 Å². The van der Waals surface area contributed by atoms with E-state index in [1.807, 2.05) is 103 Å². The molecular formula is C32H21N4Se. The molecule has 0 saturated carbocycles. The predicted octanol–water partition coefficient (Wildman–Crippen LogP) is 6.57. The molecule has 5 aromatic carbocycles. The van der Waals surface area contributed by atoms with Gasteiger partial charge in [-0.25, -0.2) is 0 Å². The molecule has 0 aliphatic rings. The molecule has 5 heteroatoms. The van der Waals surface area contributed by atoms with E-state index in [2.05, 4.69) is 40.3 Å². The van der Waals surface area contributed by atoms with Gasteiger partial charge in [0.2, 0.25) is 0 Å². The molecule has 1 radical (unpaired) electrons. The van der Waals surface area contributed by atoms with E-state index in [4.69, 9.17) is 19.9 Å². The van der Waals surface area contributed by atoms with Crippen molar-refractivity contribution in [3.8, 4) is 34.2 Å². The van der Waals surface area contributed by atoms with Crippen LogP contribution >= 0.6 is 0 Å². The quantitative estimate of drug-likeness (QED) is 0.184. The Morgan fingerprint density at radius 2 is 1.08 bits per heavy atom. The zero-order valence-electron chi connectivity index (χ0n) is 19.8. The van der Waals surface area contributed by atoms with E-state index in [0.29, 0.717) is 17.5 Å². The second-order valence-electron chi connectivity index (χ2n) is 8.52. The number of rotatable bonds is 5. The molecule has 0 N–H and O–H groups in total. The summed E-state index contributed by atoms with van der Waals surface area (Å²) >= 11 is 3.16. The molecule has 0 aliphatic heterocycles. The number of aromatic nitrogens is 3. The van der Waals surface area contributed by atoms with E-state index in [0.717, 1.165) is 43.2 Å². The first kappa shape index (κ1) is 23.0. The van der Waals surface area contributed by atoms with Gasteiger partial charge in [-0.2, -0.15) is 0 Å². The first-order valence-corrected chi connectivity index (χ1v) is 12.8. The van der Waals surface area contributed by atoms with Crippen LogP contribution in [0.25, 0.3) is 44.9 Å². The topological polar surface area (TPSA) is 51.0 Å². The second-order valence-corrected chi connectivity index (χ2v) is 9.44. The number of hydrogen-bond acceptors (Lipinski definition) is 4. The monoisotopic (exact) mass is 541 g/mol. The van der Waals surface area contributed by atoms with Crippen molar-refractivity contribution >= 4 is 43.1 Å². The third-order valence-corrected chi connectivity index (χ3v) is 6.77. The maximum atomic E-state index is 4.93. The van der Waals surface area contributed by atoms with Gasteiger partial charge in [0.05, 0.1) is 0 Å². The molecular weight excluding hydrogens is 519 g/mol. The number of nitrogens with zero attached hydrogens (tertiary/aromatic N) is 4. The first-order valence-electron chi connectivity index (χ1n) is 12.0. The van der Waals surface area contributed by atoms with Crippen LogP contribution in [0.2, 0.25) is 0 Å². The van der Waals surface area contributed by atoms with Crippen LogP contribution in [0.15, 0.2) is 126 Å². The molecule has 175 valence electrons. The molecule has 0 saturated heterocycles. The molecule has 0 unspecified atom stereocenters. The summed E-state index contributed by atoms with van der Waals surface area (Å²) in [5.41, 5.74) is 4.77. The Balaban J connectivity index is 1.54. The maximum absolute atomic E-state index is 4.93. The fraction of sp³-hybridized carbons (Fsp3) is 0. The van der Waals surface area contributed by atoms with Crippen molar-refractivity contribution in [1.82, 2.24) is 15.0 Å². The van der Waals surface area contributed by atoms with E-state index in [-0.39, 0.29) is 0 Å². The Labute approximate surface area is 223 Å². The van der Waals surface area contributed by atoms with Crippen LogP contribution in [0, 0.1) is 0 Å². The number of hydrogen-bond donors (Lipinski definition) is 0. The van der Waals surface area contributed by atoms with E-state index in [9.17, 15) is 0 Å². The summed E-state index contributed by atoms with van der Waals surface area (Å²) in [6.07, 6.45) is 1.90. The summed E-state index contributed by atoms with van der Waals surface area (Å²) < 4.78 is 0.988. The Kier molecular flexibility index (Phi) is 6.38. The second kappa shape index (κ2) is 10.3. The van der Waals surface area contributed by atoms with Crippen LogP contribution < -0.4 is 4.46 Å². The van der Waals surface area contributed by atoms with Crippen LogP contribution in [-0.2, 0) is 0 Å². The zero-order valence-corrected chi connectivity index (χ0v) is 21.5. The van der Waals surface area contributed by atoms with Crippen LogP contribution in [0.3, 0.4) is 0 Å². The van der Waals surface area contributed by atoms with Gasteiger partial charge in [0.15, 0.2) is 0 Å². The van der Waals surface area contributed by atoms with Crippen LogP contribution in [0.1, 0.15) is 5.56 Å². The minimum absolute atomic E-state index is 0.629. The van der Waals surface area contributed by atoms with Crippen molar-refractivity contribution < 1.29 is 0 Å². The van der Waals surface area contributed by atoms with Gasteiger partial charge in [-0.1, -0.05) is 0 Å². The molecule has 4 nitrogen and oxygen atoms in total. The van der Waals surface area contributed by atoms with Crippen LogP contribution in [0.5, 0.6) is 0 Å². The van der Waals surface area contributed by atoms with Crippen molar-refractivity contribution in [2.45, 2.75) is 0 Å². The standard InChI is InChI=1S/C32H21N4Se/c37-28-20-19-25-26(29(28)33-21-22-11-4-1-5-12-22)17-10-18-27(25)32-35-30(23-13-6-2-7-14-23)34-31(36-32)24-15-8-3-9-16-24/h1-21H. The third kappa shape index (κ3) is 4.83. The van der Waals surface area contributed by atoms with E-state index >= 15 is 0 Å². The van der Waals surface area contributed by atoms with Crippen molar-refractivity contribution in [2.75, 3.05) is 0 Å². The molecule has 0 fully saturated rings. The van der Waals surface area contributed by atoms with Gasteiger partial charge in [-0.3, -0.25) is 0 Å². The van der Waals surface area contributed by atoms with Crippen LogP contribution in [-0.4, -0.2) is 37.2 Å². The fourth-order valence-corrected chi connectivity index (χ4v) is 4.74. The molecule has 0 spiro atoms. The van der Waals surface area contributed by atoms with Crippen LogP contribution in [0.4, 0.5) is 5.69 Å². The first-order chi connectivity index (χ1) is 18.3. The van der Waals surface area contributed by atoms with Gasteiger partial charge in [0.25, 0.3) is 0 Å². The molecule has 6 rings (SSSR count). The molecule has 1 aromatic heterocycles. The normalized spacial score (nSPS) is 11.2. The van der Waals surface area contributed by atoms with E-state index in [1.165, 1.54) is 0 Å². The number of fused-ring (bicyclic) bond motifs is 1. The zero-order chi connectivity index (χ0) is 25.0. The van der Waals surface area contributed by atoms with E-state index < -0.39 is 0 Å². The summed E-state index contributed by atoms with van der Waals surface area (Å²) in [4.78, 5) is 19.5. The number of benzene rings is 5. The SMILES string of the molecule is [Se]c1ccc2c(-c3nc(-c4ccccc4)nc(-c4ccccc4)n3)cccc2c1N=Cc1ccccc1. The minimum atomic E-state index is 0.629. The van der Waals surface area contributed by atoms with Gasteiger partial charge < -0.3 is 0 Å². The molecule has 0 atom stereocenters. The average molecular weight is 541 g/mol. The summed E-state index contributed by atoms with van der Waals surface area (Å²) in [7, 11) is 0. The summed E-state index contributed by atoms with van der Waals surface area (Å²) in [6, 6.07) is 40.5. The summed E-state index contributed by atoms with van der Waals surface area (Å²) in [5.74, 6) is 1.91. The molecule has 1 heterocycles. The third-order valence-electron chi connectivity index (χ3n) is 6.08. The summed E-state index contributed by atoms with van der Waals surface area (Å²) in [6.45, 7) is 0. The predicted molar refractivity (Wildman–Crippen MR) is 153 cm³/mol. The van der Waals surface area contributed by atoms with Gasteiger partial charge in [-0.05, 0) is 0 Å². The van der Waals surface area contributed by atoms with Crippen molar-refractivity contribution in [3.63, 3.8) is 0 Å². The molecule has 0 aliphatic carbocycles. The van der Waals surface area contributed by atoms with Gasteiger partial charge in [0.1, 0.15) is 0 Å². The molecule has 6 aromatic rings. The molecule has 0 bridgehead atoms. The van der Waals surface area contributed by atoms with Gasteiger partial charge in [0, 0.05) is 0 Å². The fourth-order valence-electron chi connectivity index (χ4n) is 4.26. The average Bonchev–Trinajstić information content (AvgIpc) is 2.97. The van der Waals surface area contributed by atoms with Gasteiger partial charge >= 0.3 is 224 Å². The Bertz CT molecular complexity index is 1660. The van der Waals surface area contributed by atoms with Crippen molar-refractivity contribution in [1.29, 1.82) is 0 Å². The van der Waals surface area contributed by atoms with E-state index in [1.54, 1.807) is 0 Å². The van der Waals surface area contributed by atoms with Crippen molar-refractivity contribution in [2.24, 2.45) is 4.99 Å².